The van der Waals surface area contributed by atoms with Gasteiger partial charge in [0.05, 0.1) is 11.5 Å². The van der Waals surface area contributed by atoms with Crippen LogP contribution in [0, 0.1) is 0 Å². The molecule has 0 aromatic carbocycles. The van der Waals surface area contributed by atoms with Crippen LogP contribution in [0.4, 0.5) is 5.95 Å². The third kappa shape index (κ3) is 2.63. The quantitative estimate of drug-likeness (QED) is 0.795. The van der Waals surface area contributed by atoms with E-state index < -0.39 is 15.8 Å². The van der Waals surface area contributed by atoms with E-state index in [1.54, 1.807) is 28.9 Å². The van der Waals surface area contributed by atoms with Gasteiger partial charge in [-0.1, -0.05) is 0 Å². The normalized spacial score (nSPS) is 21.9. The number of carbonyl (C=O) groups is 1. The molecule has 0 amide bonds. The van der Waals surface area contributed by atoms with Crippen molar-refractivity contribution in [3.05, 3.63) is 12.4 Å². The van der Waals surface area contributed by atoms with Gasteiger partial charge in [0.25, 0.3) is 0 Å². The van der Waals surface area contributed by atoms with Crippen molar-refractivity contribution in [2.75, 3.05) is 23.0 Å². The highest BCUT2D eigenvalue weighted by Gasteiger charge is 2.34. The van der Waals surface area contributed by atoms with Crippen molar-refractivity contribution in [1.29, 1.82) is 0 Å². The summed E-state index contributed by atoms with van der Waals surface area (Å²) in [6.45, 7) is -0.245. The van der Waals surface area contributed by atoms with Crippen LogP contribution < -0.4 is 4.90 Å². The number of imidazole rings is 1. The topological polar surface area (TPSA) is 92.5 Å². The lowest BCUT2D eigenvalue weighted by Crippen LogP contribution is -2.41. The SMILES string of the molecule is Cn1ccnc1N(CC(=O)O)C1CCS(=O)(=O)C1. The zero-order valence-corrected chi connectivity index (χ0v) is 10.8. The minimum atomic E-state index is -3.05. The first-order valence-corrected chi connectivity index (χ1v) is 7.37. The highest BCUT2D eigenvalue weighted by atomic mass is 32.2. The predicted molar refractivity (Wildman–Crippen MR) is 65.2 cm³/mol. The fourth-order valence-corrected chi connectivity index (χ4v) is 3.90. The number of anilines is 1. The second kappa shape index (κ2) is 4.60. The standard InChI is InChI=1S/C10H15N3O4S/c1-12-4-3-11-10(12)13(6-9(14)15)8-2-5-18(16,17)7-8/h3-4,8H,2,5-7H2,1H3,(H,14,15). The molecule has 0 radical (unpaired) electrons. The van der Waals surface area contributed by atoms with Gasteiger partial charge in [-0.15, -0.1) is 0 Å². The molecule has 8 heteroatoms. The molecule has 18 heavy (non-hydrogen) atoms. The Morgan fingerprint density at radius 1 is 1.67 bits per heavy atom. The molecule has 1 N–H and O–H groups in total. The summed E-state index contributed by atoms with van der Waals surface area (Å²) >= 11 is 0. The van der Waals surface area contributed by atoms with Gasteiger partial charge in [-0.3, -0.25) is 4.79 Å². The van der Waals surface area contributed by atoms with Gasteiger partial charge in [0.1, 0.15) is 6.54 Å². The van der Waals surface area contributed by atoms with Crippen LogP contribution in [-0.4, -0.2) is 53.1 Å². The first-order chi connectivity index (χ1) is 8.39. The van der Waals surface area contributed by atoms with Gasteiger partial charge < -0.3 is 14.6 Å². The zero-order chi connectivity index (χ0) is 13.3. The zero-order valence-electron chi connectivity index (χ0n) is 9.98. The third-order valence-electron chi connectivity index (χ3n) is 3.01. The Labute approximate surface area is 105 Å². The van der Waals surface area contributed by atoms with Crippen LogP contribution >= 0.6 is 0 Å². The number of aromatic nitrogens is 2. The van der Waals surface area contributed by atoms with E-state index in [0.29, 0.717) is 12.4 Å². The molecule has 1 atom stereocenters. The van der Waals surface area contributed by atoms with Crippen molar-refractivity contribution >= 4 is 21.8 Å². The van der Waals surface area contributed by atoms with Crippen LogP contribution in [0.5, 0.6) is 0 Å². The second-order valence-electron chi connectivity index (χ2n) is 4.42. The van der Waals surface area contributed by atoms with Crippen molar-refractivity contribution in [3.63, 3.8) is 0 Å². The Bertz CT molecular complexity index is 551. The lowest BCUT2D eigenvalue weighted by atomic mass is 10.2. The smallest absolute Gasteiger partial charge is 0.323 e. The molecule has 1 aromatic rings. The van der Waals surface area contributed by atoms with E-state index in [1.165, 1.54) is 0 Å². The number of aryl methyl sites for hydroxylation is 1. The fourth-order valence-electron chi connectivity index (χ4n) is 2.16. The van der Waals surface area contributed by atoms with Crippen molar-refractivity contribution < 1.29 is 18.3 Å². The van der Waals surface area contributed by atoms with E-state index in [-0.39, 0.29) is 24.1 Å². The third-order valence-corrected chi connectivity index (χ3v) is 4.76. The predicted octanol–water partition coefficient (Wildman–Crippen LogP) is -0.502. The van der Waals surface area contributed by atoms with E-state index in [2.05, 4.69) is 4.98 Å². The molecule has 2 rings (SSSR count). The molecule has 0 aliphatic carbocycles. The molecular weight excluding hydrogens is 258 g/mol. The molecule has 1 saturated heterocycles. The van der Waals surface area contributed by atoms with Gasteiger partial charge in [0, 0.05) is 25.5 Å². The lowest BCUT2D eigenvalue weighted by molar-refractivity contribution is -0.135. The summed E-state index contributed by atoms with van der Waals surface area (Å²) in [5.41, 5.74) is 0. The largest absolute Gasteiger partial charge is 0.480 e. The van der Waals surface area contributed by atoms with Gasteiger partial charge >= 0.3 is 5.97 Å². The maximum Gasteiger partial charge on any atom is 0.323 e. The number of rotatable bonds is 4. The Balaban J connectivity index is 2.27. The molecule has 1 aliphatic heterocycles. The van der Waals surface area contributed by atoms with Gasteiger partial charge in [-0.25, -0.2) is 13.4 Å². The molecule has 0 bridgehead atoms. The molecular formula is C10H15N3O4S. The van der Waals surface area contributed by atoms with Gasteiger partial charge in [-0.05, 0) is 6.42 Å². The van der Waals surface area contributed by atoms with Gasteiger partial charge in [-0.2, -0.15) is 0 Å². The van der Waals surface area contributed by atoms with Crippen LogP contribution in [-0.2, 0) is 21.7 Å². The minimum Gasteiger partial charge on any atom is -0.480 e. The molecule has 1 aromatic heterocycles. The summed E-state index contributed by atoms with van der Waals surface area (Å²) in [6, 6.07) is -0.313. The molecule has 1 fully saturated rings. The van der Waals surface area contributed by atoms with Crippen molar-refractivity contribution in [1.82, 2.24) is 9.55 Å². The minimum absolute atomic E-state index is 0.00681. The lowest BCUT2D eigenvalue weighted by Gasteiger charge is -2.27. The van der Waals surface area contributed by atoms with Crippen molar-refractivity contribution in [3.8, 4) is 0 Å². The molecule has 1 unspecified atom stereocenters. The molecule has 0 spiro atoms. The maximum absolute atomic E-state index is 11.5. The second-order valence-corrected chi connectivity index (χ2v) is 6.65. The maximum atomic E-state index is 11.5. The number of carboxylic acid groups (broad SMARTS) is 1. The summed E-state index contributed by atoms with van der Waals surface area (Å²) in [5.74, 6) is -0.410. The van der Waals surface area contributed by atoms with Crippen molar-refractivity contribution in [2.24, 2.45) is 7.05 Å². The highest BCUT2D eigenvalue weighted by molar-refractivity contribution is 7.91. The first-order valence-electron chi connectivity index (χ1n) is 5.55. The Morgan fingerprint density at radius 3 is 2.83 bits per heavy atom. The molecule has 100 valence electrons. The van der Waals surface area contributed by atoms with E-state index in [4.69, 9.17) is 5.11 Å². The number of nitrogens with zero attached hydrogens (tertiary/aromatic N) is 3. The Kier molecular flexibility index (Phi) is 3.29. The Hall–Kier alpha value is -1.57. The average Bonchev–Trinajstić information content (AvgIpc) is 2.81. The van der Waals surface area contributed by atoms with Crippen molar-refractivity contribution in [2.45, 2.75) is 12.5 Å². The van der Waals surface area contributed by atoms with Crippen LogP contribution in [0.2, 0.25) is 0 Å². The molecule has 2 heterocycles. The van der Waals surface area contributed by atoms with Crippen LogP contribution in [0.3, 0.4) is 0 Å². The molecule has 7 nitrogen and oxygen atoms in total. The van der Waals surface area contributed by atoms with Crippen LogP contribution in [0.1, 0.15) is 6.42 Å². The van der Waals surface area contributed by atoms with E-state index >= 15 is 0 Å². The van der Waals surface area contributed by atoms with Crippen LogP contribution in [0.15, 0.2) is 12.4 Å². The Morgan fingerprint density at radius 2 is 2.39 bits per heavy atom. The van der Waals surface area contributed by atoms with Gasteiger partial charge in [0.2, 0.25) is 5.95 Å². The summed E-state index contributed by atoms with van der Waals surface area (Å²) < 4.78 is 24.7. The monoisotopic (exact) mass is 273 g/mol. The van der Waals surface area contributed by atoms with E-state index in [1.807, 2.05) is 0 Å². The van der Waals surface area contributed by atoms with Crippen LogP contribution in [0.25, 0.3) is 0 Å². The number of sulfone groups is 1. The highest BCUT2D eigenvalue weighted by Crippen LogP contribution is 2.22. The van der Waals surface area contributed by atoms with Gasteiger partial charge in [0.15, 0.2) is 9.84 Å². The summed E-state index contributed by atoms with van der Waals surface area (Å²) in [4.78, 5) is 16.5. The summed E-state index contributed by atoms with van der Waals surface area (Å²) in [6.07, 6.45) is 3.71. The van der Waals surface area contributed by atoms with E-state index in [0.717, 1.165) is 0 Å². The fraction of sp³-hybridized carbons (Fsp3) is 0.600. The van der Waals surface area contributed by atoms with E-state index in [9.17, 15) is 13.2 Å². The molecule has 1 aliphatic rings. The first kappa shape index (κ1) is 12.9. The number of aliphatic carboxylic acids is 1. The number of carboxylic acids is 1. The number of hydrogen-bond donors (Lipinski definition) is 1. The number of hydrogen-bond acceptors (Lipinski definition) is 5. The summed E-state index contributed by atoms with van der Waals surface area (Å²) in [5, 5.41) is 8.94. The molecule has 0 saturated carbocycles. The average molecular weight is 273 g/mol. The summed E-state index contributed by atoms with van der Waals surface area (Å²) in [7, 11) is -1.30.